The highest BCUT2D eigenvalue weighted by Crippen LogP contribution is 2.28. The van der Waals surface area contributed by atoms with Gasteiger partial charge in [-0.2, -0.15) is 13.2 Å². The summed E-state index contributed by atoms with van der Waals surface area (Å²) in [6, 6.07) is 9.74. The van der Waals surface area contributed by atoms with Crippen LogP contribution in [-0.4, -0.2) is 35.6 Å². The minimum absolute atomic E-state index is 0.0829. The van der Waals surface area contributed by atoms with Crippen molar-refractivity contribution in [1.82, 2.24) is 9.38 Å². The fraction of sp³-hybridized carbons (Fsp3) is 0.350. The largest absolute Gasteiger partial charge is 0.419 e. The lowest BCUT2D eigenvalue weighted by atomic mass is 10.2. The highest BCUT2D eigenvalue weighted by atomic mass is 19.4. The molecule has 0 amide bonds. The molecule has 0 aliphatic carbocycles. The second-order valence-electron chi connectivity index (χ2n) is 7.32. The number of aromatic nitrogens is 3. The lowest BCUT2D eigenvalue weighted by molar-refractivity contribution is -0.914. The minimum atomic E-state index is -4.35. The van der Waals surface area contributed by atoms with Gasteiger partial charge in [0.2, 0.25) is 0 Å². The number of rotatable bonds is 3. The van der Waals surface area contributed by atoms with Crippen LogP contribution in [0.3, 0.4) is 0 Å². The zero-order valence-electron chi connectivity index (χ0n) is 16.0. The molecular formula is C20H22F3N5O+2. The number of aromatic amines is 1. The molecule has 3 aromatic rings. The molecular weight excluding hydrogens is 383 g/mol. The summed E-state index contributed by atoms with van der Waals surface area (Å²) < 4.78 is 39.7. The van der Waals surface area contributed by atoms with E-state index >= 15 is 0 Å². The van der Waals surface area contributed by atoms with Crippen LogP contribution >= 0.6 is 0 Å². The Hall–Kier alpha value is -2.94. The second-order valence-corrected chi connectivity index (χ2v) is 7.32. The number of fused-ring (bicyclic) bond motifs is 1. The summed E-state index contributed by atoms with van der Waals surface area (Å²) in [6.45, 7) is 5.56. The van der Waals surface area contributed by atoms with Gasteiger partial charge in [0.1, 0.15) is 50.3 Å². The van der Waals surface area contributed by atoms with Crippen LogP contribution in [0, 0.1) is 6.92 Å². The topological polar surface area (TPSA) is 56.2 Å². The summed E-state index contributed by atoms with van der Waals surface area (Å²) in [5.74, 6) is 0.676. The maximum Gasteiger partial charge on any atom is 0.419 e. The van der Waals surface area contributed by atoms with Gasteiger partial charge in [-0.1, -0.05) is 6.07 Å². The van der Waals surface area contributed by atoms with E-state index in [9.17, 15) is 18.0 Å². The predicted molar refractivity (Wildman–Crippen MR) is 101 cm³/mol. The maximum atomic E-state index is 12.7. The molecule has 3 aromatic heterocycles. The van der Waals surface area contributed by atoms with Gasteiger partial charge >= 0.3 is 6.18 Å². The van der Waals surface area contributed by atoms with Crippen LogP contribution in [0.2, 0.25) is 0 Å². The summed E-state index contributed by atoms with van der Waals surface area (Å²) >= 11 is 0. The van der Waals surface area contributed by atoms with Crippen molar-refractivity contribution >= 4 is 11.5 Å². The van der Waals surface area contributed by atoms with E-state index in [-0.39, 0.29) is 5.56 Å². The van der Waals surface area contributed by atoms with E-state index in [0.29, 0.717) is 31.1 Å². The van der Waals surface area contributed by atoms with Gasteiger partial charge in [0, 0.05) is 17.8 Å². The highest BCUT2D eigenvalue weighted by molar-refractivity contribution is 5.40. The number of pyridine rings is 2. The Morgan fingerprint density at radius 3 is 2.59 bits per heavy atom. The summed E-state index contributed by atoms with van der Waals surface area (Å²) in [7, 11) is 0. The first-order valence-electron chi connectivity index (χ1n) is 9.47. The first-order valence-corrected chi connectivity index (χ1v) is 9.47. The second kappa shape index (κ2) is 7.47. The summed E-state index contributed by atoms with van der Waals surface area (Å²) in [5.41, 5.74) is 1.48. The average Bonchev–Trinajstić information content (AvgIpc) is 2.68. The predicted octanol–water partition coefficient (Wildman–Crippen LogP) is 0.741. The first-order chi connectivity index (χ1) is 13.8. The molecule has 4 rings (SSSR count). The summed E-state index contributed by atoms with van der Waals surface area (Å²) in [6.07, 6.45) is -3.34. The van der Waals surface area contributed by atoms with E-state index in [2.05, 4.69) is 9.97 Å². The quantitative estimate of drug-likeness (QED) is 0.700. The molecule has 4 heterocycles. The van der Waals surface area contributed by atoms with Gasteiger partial charge in [-0.25, -0.2) is 9.97 Å². The summed E-state index contributed by atoms with van der Waals surface area (Å²) in [4.78, 5) is 23.1. The monoisotopic (exact) mass is 405 g/mol. The van der Waals surface area contributed by atoms with Crippen molar-refractivity contribution in [2.24, 2.45) is 0 Å². The third-order valence-electron chi connectivity index (χ3n) is 5.30. The number of anilines is 1. The zero-order valence-corrected chi connectivity index (χ0v) is 16.0. The number of hydrogen-bond acceptors (Lipinski definition) is 3. The summed E-state index contributed by atoms with van der Waals surface area (Å²) in [5, 5.41) is 0. The third-order valence-corrected chi connectivity index (χ3v) is 5.30. The lowest BCUT2D eigenvalue weighted by Gasteiger charge is -2.28. The number of quaternary nitrogens is 1. The van der Waals surface area contributed by atoms with Crippen molar-refractivity contribution in [3.63, 3.8) is 0 Å². The van der Waals surface area contributed by atoms with E-state index in [1.54, 1.807) is 10.5 Å². The SMILES string of the molecule is Cc1cccc2nc(C[NH+]3CCN(c4ccc(C(F)(F)F)c[nH+]4)CC3)cc(=O)n12. The van der Waals surface area contributed by atoms with Gasteiger partial charge in [0.15, 0.2) is 0 Å². The molecule has 0 bridgehead atoms. The van der Waals surface area contributed by atoms with Crippen molar-refractivity contribution in [3.05, 3.63) is 69.9 Å². The van der Waals surface area contributed by atoms with Crippen LogP contribution < -0.4 is 20.3 Å². The number of alkyl halides is 3. The lowest BCUT2D eigenvalue weighted by Crippen LogP contribution is -3.13. The van der Waals surface area contributed by atoms with E-state index in [1.165, 1.54) is 11.0 Å². The number of hydrogen-bond donors (Lipinski definition) is 1. The fourth-order valence-electron chi connectivity index (χ4n) is 3.74. The molecule has 0 unspecified atom stereocenters. The number of piperazine rings is 1. The van der Waals surface area contributed by atoms with Crippen molar-refractivity contribution in [1.29, 1.82) is 0 Å². The molecule has 0 atom stereocenters. The molecule has 152 valence electrons. The Labute approximate surface area is 165 Å². The molecule has 1 fully saturated rings. The maximum absolute atomic E-state index is 12.7. The Morgan fingerprint density at radius 1 is 1.17 bits per heavy atom. The number of nitrogens with zero attached hydrogens (tertiary/aromatic N) is 3. The Bertz CT molecular complexity index is 1070. The molecule has 29 heavy (non-hydrogen) atoms. The van der Waals surface area contributed by atoms with Crippen molar-refractivity contribution in [2.75, 3.05) is 31.1 Å². The molecule has 0 spiro atoms. The van der Waals surface area contributed by atoms with Crippen molar-refractivity contribution in [3.8, 4) is 0 Å². The van der Waals surface area contributed by atoms with Crippen molar-refractivity contribution in [2.45, 2.75) is 19.6 Å². The van der Waals surface area contributed by atoms with Crippen LogP contribution in [0.5, 0.6) is 0 Å². The zero-order chi connectivity index (χ0) is 20.6. The van der Waals surface area contributed by atoms with Crippen LogP contribution in [0.1, 0.15) is 17.0 Å². The molecule has 9 heteroatoms. The van der Waals surface area contributed by atoms with Gasteiger partial charge in [-0.15, -0.1) is 0 Å². The number of halogens is 3. The smallest absolute Gasteiger partial charge is 0.323 e. The Balaban J connectivity index is 1.41. The van der Waals surface area contributed by atoms with Gasteiger partial charge in [0.05, 0.1) is 5.56 Å². The third kappa shape index (κ3) is 4.09. The van der Waals surface area contributed by atoms with E-state index in [4.69, 9.17) is 0 Å². The standard InChI is InChI=1S/C20H20F3N5O/c1-14-3-2-4-18-25-16(11-19(29)28(14)18)13-26-7-9-27(10-8-26)17-6-5-15(12-24-17)20(21,22)23/h2-6,11-12H,7-10,13H2,1H3/p+2. The fourth-order valence-corrected chi connectivity index (χ4v) is 3.74. The van der Waals surface area contributed by atoms with Gasteiger partial charge in [-0.05, 0) is 25.1 Å². The first kappa shape index (κ1) is 19.4. The molecule has 0 radical (unpaired) electrons. The molecule has 1 aliphatic heterocycles. The van der Waals surface area contributed by atoms with E-state index < -0.39 is 11.7 Å². The van der Waals surface area contributed by atoms with Crippen LogP contribution in [0.15, 0.2) is 47.4 Å². The number of nitrogens with one attached hydrogen (secondary N) is 2. The highest BCUT2D eigenvalue weighted by Gasteiger charge is 2.33. The average molecular weight is 405 g/mol. The van der Waals surface area contributed by atoms with Crippen LogP contribution in [0.25, 0.3) is 5.65 Å². The molecule has 2 N–H and O–H groups in total. The number of aryl methyl sites for hydroxylation is 1. The Morgan fingerprint density at radius 2 is 1.93 bits per heavy atom. The molecule has 0 saturated carbocycles. The normalized spacial score (nSPS) is 15.8. The molecule has 1 saturated heterocycles. The van der Waals surface area contributed by atoms with Crippen LogP contribution in [0.4, 0.5) is 19.0 Å². The number of H-pyrrole nitrogens is 1. The molecule has 0 aromatic carbocycles. The minimum Gasteiger partial charge on any atom is -0.323 e. The molecule has 6 nitrogen and oxygen atoms in total. The molecule has 1 aliphatic rings. The van der Waals surface area contributed by atoms with E-state index in [1.807, 2.05) is 30.0 Å². The van der Waals surface area contributed by atoms with Crippen LogP contribution in [-0.2, 0) is 12.7 Å². The van der Waals surface area contributed by atoms with Crippen molar-refractivity contribution < 1.29 is 23.1 Å². The van der Waals surface area contributed by atoms with Gasteiger partial charge in [-0.3, -0.25) is 14.1 Å². The Kier molecular flexibility index (Phi) is 4.99. The van der Waals surface area contributed by atoms with Gasteiger partial charge < -0.3 is 4.90 Å². The van der Waals surface area contributed by atoms with Gasteiger partial charge in [0.25, 0.3) is 11.4 Å². The van der Waals surface area contributed by atoms with E-state index in [0.717, 1.165) is 36.7 Å².